The second-order valence-corrected chi connectivity index (χ2v) is 5.99. The van der Waals surface area contributed by atoms with Gasteiger partial charge in [-0.15, -0.1) is 0 Å². The number of methoxy groups -OCH3 is 2. The Bertz CT molecular complexity index is 495. The van der Waals surface area contributed by atoms with Crippen molar-refractivity contribution in [2.75, 3.05) is 20.8 Å². The number of carbonyl (C=O) groups excluding carboxylic acids is 1. The number of amides is 2. The summed E-state index contributed by atoms with van der Waals surface area (Å²) in [6.45, 7) is 4.66. The van der Waals surface area contributed by atoms with Crippen LogP contribution in [0.25, 0.3) is 0 Å². The SMILES string of the molecule is CCC[C@H](C)NC(=O)NCCc1cc(OC)c(OC)cc1Br. The minimum Gasteiger partial charge on any atom is -0.493 e. The van der Waals surface area contributed by atoms with Gasteiger partial charge in [-0.2, -0.15) is 0 Å². The van der Waals surface area contributed by atoms with Gasteiger partial charge in [-0.3, -0.25) is 0 Å². The molecule has 0 fully saturated rings. The van der Waals surface area contributed by atoms with E-state index in [0.29, 0.717) is 24.5 Å². The fourth-order valence-corrected chi connectivity index (χ4v) is 2.70. The number of nitrogens with one attached hydrogen (secondary N) is 2. The molecule has 0 aliphatic carbocycles. The van der Waals surface area contributed by atoms with Crippen molar-refractivity contribution in [2.45, 2.75) is 39.2 Å². The van der Waals surface area contributed by atoms with E-state index in [2.05, 4.69) is 33.5 Å². The summed E-state index contributed by atoms with van der Waals surface area (Å²) in [7, 11) is 3.21. The molecule has 5 nitrogen and oxygen atoms in total. The highest BCUT2D eigenvalue weighted by Gasteiger charge is 2.10. The molecule has 0 aromatic heterocycles. The minimum atomic E-state index is -0.127. The monoisotopic (exact) mass is 372 g/mol. The lowest BCUT2D eigenvalue weighted by atomic mass is 10.1. The summed E-state index contributed by atoms with van der Waals surface area (Å²) in [4.78, 5) is 11.7. The number of benzene rings is 1. The summed E-state index contributed by atoms with van der Waals surface area (Å²) in [5.41, 5.74) is 1.06. The third kappa shape index (κ3) is 5.75. The molecular weight excluding hydrogens is 348 g/mol. The standard InChI is InChI=1S/C16H25BrN2O3/c1-5-6-11(2)19-16(20)18-8-7-12-9-14(21-3)15(22-4)10-13(12)17/h9-11H,5-8H2,1-4H3,(H2,18,19,20)/t11-/m0/s1. The van der Waals surface area contributed by atoms with Crippen LogP contribution in [-0.4, -0.2) is 32.8 Å². The molecule has 0 saturated heterocycles. The summed E-state index contributed by atoms with van der Waals surface area (Å²) in [6.07, 6.45) is 2.74. The van der Waals surface area contributed by atoms with Gasteiger partial charge in [-0.25, -0.2) is 4.79 Å². The van der Waals surface area contributed by atoms with Crippen LogP contribution < -0.4 is 20.1 Å². The maximum Gasteiger partial charge on any atom is 0.315 e. The van der Waals surface area contributed by atoms with Crippen LogP contribution >= 0.6 is 15.9 Å². The lowest BCUT2D eigenvalue weighted by Gasteiger charge is -2.15. The molecule has 0 aliphatic heterocycles. The van der Waals surface area contributed by atoms with Crippen LogP contribution in [0.15, 0.2) is 16.6 Å². The Morgan fingerprint density at radius 3 is 2.50 bits per heavy atom. The zero-order valence-electron chi connectivity index (χ0n) is 13.7. The third-order valence-corrected chi connectivity index (χ3v) is 4.07. The molecule has 22 heavy (non-hydrogen) atoms. The first kappa shape index (κ1) is 18.6. The molecule has 0 saturated carbocycles. The van der Waals surface area contributed by atoms with Crippen LogP contribution in [0.1, 0.15) is 32.3 Å². The number of carbonyl (C=O) groups is 1. The summed E-state index contributed by atoms with van der Waals surface area (Å²) >= 11 is 3.52. The number of rotatable bonds is 8. The smallest absolute Gasteiger partial charge is 0.315 e. The molecule has 6 heteroatoms. The van der Waals surface area contributed by atoms with E-state index in [1.54, 1.807) is 14.2 Å². The molecule has 1 rings (SSSR count). The molecule has 1 aromatic carbocycles. The van der Waals surface area contributed by atoms with E-state index in [0.717, 1.165) is 22.9 Å². The molecule has 0 radical (unpaired) electrons. The average molecular weight is 373 g/mol. The van der Waals surface area contributed by atoms with Crippen LogP contribution in [0.2, 0.25) is 0 Å². The van der Waals surface area contributed by atoms with E-state index in [1.165, 1.54) is 0 Å². The summed E-state index contributed by atoms with van der Waals surface area (Å²) in [6, 6.07) is 3.86. The average Bonchev–Trinajstić information content (AvgIpc) is 2.48. The van der Waals surface area contributed by atoms with Gasteiger partial charge in [-0.05, 0) is 37.5 Å². The molecule has 0 bridgehead atoms. The van der Waals surface area contributed by atoms with E-state index in [-0.39, 0.29) is 12.1 Å². The highest BCUT2D eigenvalue weighted by atomic mass is 79.9. The van der Waals surface area contributed by atoms with Gasteiger partial charge in [0.25, 0.3) is 0 Å². The molecule has 1 aromatic rings. The van der Waals surface area contributed by atoms with Crippen molar-refractivity contribution >= 4 is 22.0 Å². The normalized spacial score (nSPS) is 11.7. The second kappa shape index (κ2) is 9.56. The Morgan fingerprint density at radius 2 is 1.91 bits per heavy atom. The molecule has 1 atom stereocenters. The van der Waals surface area contributed by atoms with E-state index >= 15 is 0 Å². The Labute approximate surface area is 140 Å². The number of ether oxygens (including phenoxy) is 2. The Hall–Kier alpha value is -1.43. The lowest BCUT2D eigenvalue weighted by molar-refractivity contribution is 0.237. The number of hydrogen-bond acceptors (Lipinski definition) is 3. The fraction of sp³-hybridized carbons (Fsp3) is 0.562. The Balaban J connectivity index is 2.53. The third-order valence-electron chi connectivity index (χ3n) is 3.33. The van der Waals surface area contributed by atoms with Crippen LogP contribution in [0.4, 0.5) is 4.79 Å². The van der Waals surface area contributed by atoms with Crippen LogP contribution in [0, 0.1) is 0 Å². The van der Waals surface area contributed by atoms with Crippen molar-refractivity contribution in [3.05, 3.63) is 22.2 Å². The second-order valence-electron chi connectivity index (χ2n) is 5.14. The van der Waals surface area contributed by atoms with Crippen molar-refractivity contribution < 1.29 is 14.3 Å². The molecular formula is C16H25BrN2O3. The van der Waals surface area contributed by atoms with E-state index in [4.69, 9.17) is 9.47 Å². The lowest BCUT2D eigenvalue weighted by Crippen LogP contribution is -2.41. The Kier molecular flexibility index (Phi) is 8.09. The van der Waals surface area contributed by atoms with Crippen LogP contribution in [0.3, 0.4) is 0 Å². The largest absolute Gasteiger partial charge is 0.493 e. The van der Waals surface area contributed by atoms with Crippen molar-refractivity contribution in [1.82, 2.24) is 10.6 Å². The van der Waals surface area contributed by atoms with Gasteiger partial charge in [0, 0.05) is 17.1 Å². The zero-order chi connectivity index (χ0) is 16.5. The summed E-state index contributed by atoms with van der Waals surface area (Å²) in [5.74, 6) is 1.36. The number of urea groups is 1. The van der Waals surface area contributed by atoms with E-state index in [1.807, 2.05) is 19.1 Å². The summed E-state index contributed by atoms with van der Waals surface area (Å²) < 4.78 is 11.5. The maximum atomic E-state index is 11.7. The summed E-state index contributed by atoms with van der Waals surface area (Å²) in [5, 5.41) is 5.79. The van der Waals surface area contributed by atoms with Gasteiger partial charge < -0.3 is 20.1 Å². The molecule has 124 valence electrons. The molecule has 0 heterocycles. The predicted octanol–water partition coefficient (Wildman–Crippen LogP) is 3.50. The number of halogens is 1. The van der Waals surface area contributed by atoms with Crippen molar-refractivity contribution in [3.8, 4) is 11.5 Å². The quantitative estimate of drug-likeness (QED) is 0.733. The van der Waals surface area contributed by atoms with Gasteiger partial charge in [-0.1, -0.05) is 29.3 Å². The van der Waals surface area contributed by atoms with Gasteiger partial charge in [0.1, 0.15) is 0 Å². The molecule has 2 N–H and O–H groups in total. The van der Waals surface area contributed by atoms with Gasteiger partial charge >= 0.3 is 6.03 Å². The van der Waals surface area contributed by atoms with Gasteiger partial charge in [0.05, 0.1) is 14.2 Å². The molecule has 0 spiro atoms. The first-order chi connectivity index (χ1) is 10.5. The maximum absolute atomic E-state index is 11.7. The molecule has 0 aliphatic rings. The minimum absolute atomic E-state index is 0.127. The number of hydrogen-bond donors (Lipinski definition) is 2. The van der Waals surface area contributed by atoms with Crippen molar-refractivity contribution in [2.24, 2.45) is 0 Å². The van der Waals surface area contributed by atoms with Crippen LogP contribution in [0.5, 0.6) is 11.5 Å². The zero-order valence-corrected chi connectivity index (χ0v) is 15.2. The van der Waals surface area contributed by atoms with E-state index in [9.17, 15) is 4.79 Å². The Morgan fingerprint density at radius 1 is 1.27 bits per heavy atom. The molecule has 2 amide bonds. The fourth-order valence-electron chi connectivity index (χ4n) is 2.18. The highest BCUT2D eigenvalue weighted by Crippen LogP contribution is 2.33. The molecule has 0 unspecified atom stereocenters. The highest BCUT2D eigenvalue weighted by molar-refractivity contribution is 9.10. The first-order valence-electron chi connectivity index (χ1n) is 7.46. The van der Waals surface area contributed by atoms with Crippen molar-refractivity contribution in [3.63, 3.8) is 0 Å². The predicted molar refractivity (Wildman–Crippen MR) is 91.9 cm³/mol. The topological polar surface area (TPSA) is 59.6 Å². The van der Waals surface area contributed by atoms with Gasteiger partial charge in [0.2, 0.25) is 0 Å². The van der Waals surface area contributed by atoms with Crippen molar-refractivity contribution in [1.29, 1.82) is 0 Å². The van der Waals surface area contributed by atoms with Crippen LogP contribution in [-0.2, 0) is 6.42 Å². The van der Waals surface area contributed by atoms with E-state index < -0.39 is 0 Å². The first-order valence-corrected chi connectivity index (χ1v) is 8.25. The van der Waals surface area contributed by atoms with Gasteiger partial charge in [0.15, 0.2) is 11.5 Å².